The minimum atomic E-state index is -0.928. The lowest BCUT2D eigenvalue weighted by molar-refractivity contribution is -0.136. The third-order valence-corrected chi connectivity index (χ3v) is 4.41. The molecule has 0 bridgehead atoms. The van der Waals surface area contributed by atoms with Crippen LogP contribution in [0.4, 0.5) is 4.39 Å². The molecule has 24 heavy (non-hydrogen) atoms. The molecule has 0 aliphatic carbocycles. The molecule has 0 N–H and O–H groups in total. The average Bonchev–Trinajstić information content (AvgIpc) is 2.80. The summed E-state index contributed by atoms with van der Waals surface area (Å²) in [6.45, 7) is 3.84. The first-order valence-electron chi connectivity index (χ1n) is 8.02. The quantitative estimate of drug-likeness (QED) is 0.800. The van der Waals surface area contributed by atoms with Crippen molar-refractivity contribution in [1.29, 1.82) is 0 Å². The fraction of sp³-hybridized carbons (Fsp3) is 0.389. The van der Waals surface area contributed by atoms with Gasteiger partial charge in [0, 0.05) is 6.54 Å². The third-order valence-electron chi connectivity index (χ3n) is 4.41. The Kier molecular flexibility index (Phi) is 4.22. The molecule has 6 heteroatoms. The molecule has 1 unspecified atom stereocenters. The number of imide groups is 1. The lowest BCUT2D eigenvalue weighted by Gasteiger charge is -2.34. The van der Waals surface area contributed by atoms with Gasteiger partial charge in [-0.05, 0) is 30.5 Å². The molecule has 5 nitrogen and oxygen atoms in total. The van der Waals surface area contributed by atoms with Gasteiger partial charge in [0.25, 0.3) is 11.8 Å². The van der Waals surface area contributed by atoms with E-state index in [1.807, 2.05) is 0 Å². The molecule has 1 atom stereocenters. The smallest absolute Gasteiger partial charge is 0.262 e. The van der Waals surface area contributed by atoms with Crippen LogP contribution in [-0.2, 0) is 4.79 Å². The monoisotopic (exact) mass is 330 g/mol. The molecule has 3 rings (SSSR count). The van der Waals surface area contributed by atoms with E-state index in [1.165, 1.54) is 11.0 Å². The average molecular weight is 330 g/mol. The number of rotatable bonds is 3. The van der Waals surface area contributed by atoms with E-state index in [9.17, 15) is 18.8 Å². The lowest BCUT2D eigenvalue weighted by atomic mass is 10.00. The van der Waals surface area contributed by atoms with Crippen molar-refractivity contribution in [1.82, 2.24) is 9.80 Å². The first-order chi connectivity index (χ1) is 11.4. The fourth-order valence-electron chi connectivity index (χ4n) is 3.23. The SMILES string of the molecule is CC(C)C(C(=O)N1CCC=C(F)C1)N1C(=O)c2ccccc2C1=O. The summed E-state index contributed by atoms with van der Waals surface area (Å²) in [5.74, 6) is -1.94. The van der Waals surface area contributed by atoms with Crippen molar-refractivity contribution in [3.05, 3.63) is 47.3 Å². The standard InChI is InChI=1S/C18H19FN2O3/c1-11(2)15(18(24)20-9-5-6-12(19)10-20)21-16(22)13-7-3-4-8-14(13)17(21)23/h3-4,6-8,11,15H,5,9-10H2,1-2H3. The van der Waals surface area contributed by atoms with Crippen LogP contribution in [-0.4, -0.2) is 46.7 Å². The summed E-state index contributed by atoms with van der Waals surface area (Å²) in [5.41, 5.74) is 0.622. The van der Waals surface area contributed by atoms with E-state index >= 15 is 0 Å². The van der Waals surface area contributed by atoms with Crippen LogP contribution in [0.5, 0.6) is 0 Å². The van der Waals surface area contributed by atoms with Gasteiger partial charge in [0.2, 0.25) is 5.91 Å². The lowest BCUT2D eigenvalue weighted by Crippen LogP contribution is -2.54. The van der Waals surface area contributed by atoms with E-state index in [0.717, 1.165) is 4.90 Å². The number of carbonyl (C=O) groups excluding carboxylic acids is 3. The van der Waals surface area contributed by atoms with Crippen LogP contribution in [0.15, 0.2) is 36.2 Å². The number of halogens is 1. The van der Waals surface area contributed by atoms with E-state index in [0.29, 0.717) is 24.1 Å². The molecule has 0 spiro atoms. The summed E-state index contributed by atoms with van der Waals surface area (Å²) in [5, 5.41) is 0. The minimum Gasteiger partial charge on any atom is -0.334 e. The number of nitrogens with zero attached hydrogens (tertiary/aromatic N) is 2. The first-order valence-corrected chi connectivity index (χ1v) is 8.02. The van der Waals surface area contributed by atoms with Gasteiger partial charge in [0.1, 0.15) is 11.9 Å². The molecule has 2 aliphatic heterocycles. The van der Waals surface area contributed by atoms with Crippen LogP contribution in [0.1, 0.15) is 41.0 Å². The highest BCUT2D eigenvalue weighted by atomic mass is 19.1. The van der Waals surface area contributed by atoms with Gasteiger partial charge in [-0.1, -0.05) is 26.0 Å². The van der Waals surface area contributed by atoms with Crippen molar-refractivity contribution in [2.45, 2.75) is 26.3 Å². The Labute approximate surface area is 139 Å². The zero-order valence-electron chi connectivity index (χ0n) is 13.7. The summed E-state index contributed by atoms with van der Waals surface area (Å²) in [7, 11) is 0. The molecule has 0 radical (unpaired) electrons. The maximum atomic E-state index is 13.5. The Morgan fingerprint density at radius 3 is 2.21 bits per heavy atom. The highest BCUT2D eigenvalue weighted by Gasteiger charge is 2.45. The number of benzene rings is 1. The van der Waals surface area contributed by atoms with Gasteiger partial charge in [0.15, 0.2) is 0 Å². The molecule has 126 valence electrons. The summed E-state index contributed by atoms with van der Waals surface area (Å²) < 4.78 is 13.5. The number of hydrogen-bond acceptors (Lipinski definition) is 3. The van der Waals surface area contributed by atoms with E-state index in [4.69, 9.17) is 0 Å². The molecule has 2 heterocycles. The zero-order valence-corrected chi connectivity index (χ0v) is 13.7. The molecule has 1 aromatic rings. The Balaban J connectivity index is 1.93. The van der Waals surface area contributed by atoms with Crippen LogP contribution in [0, 0.1) is 5.92 Å². The van der Waals surface area contributed by atoms with Gasteiger partial charge < -0.3 is 4.90 Å². The van der Waals surface area contributed by atoms with Crippen LogP contribution < -0.4 is 0 Å². The van der Waals surface area contributed by atoms with Crippen LogP contribution in [0.2, 0.25) is 0 Å². The van der Waals surface area contributed by atoms with Crippen molar-refractivity contribution in [2.24, 2.45) is 5.92 Å². The molecule has 3 amide bonds. The van der Waals surface area contributed by atoms with Crippen molar-refractivity contribution < 1.29 is 18.8 Å². The van der Waals surface area contributed by atoms with Crippen molar-refractivity contribution in [3.8, 4) is 0 Å². The maximum Gasteiger partial charge on any atom is 0.262 e. The Hall–Kier alpha value is -2.50. The van der Waals surface area contributed by atoms with Gasteiger partial charge in [-0.3, -0.25) is 19.3 Å². The van der Waals surface area contributed by atoms with Gasteiger partial charge >= 0.3 is 0 Å². The maximum absolute atomic E-state index is 13.5. The van der Waals surface area contributed by atoms with Crippen LogP contribution >= 0.6 is 0 Å². The molecule has 0 fully saturated rings. The molecule has 0 aromatic heterocycles. The number of amides is 3. The normalized spacial score (nSPS) is 18.8. The fourth-order valence-corrected chi connectivity index (χ4v) is 3.23. The second-order valence-electron chi connectivity index (χ2n) is 6.41. The number of fused-ring (bicyclic) bond motifs is 1. The predicted molar refractivity (Wildman–Crippen MR) is 86.0 cm³/mol. The molecule has 2 aliphatic rings. The van der Waals surface area contributed by atoms with E-state index < -0.39 is 17.9 Å². The van der Waals surface area contributed by atoms with E-state index in [-0.39, 0.29) is 24.2 Å². The Bertz CT molecular complexity index is 707. The summed E-state index contributed by atoms with van der Waals surface area (Å²) in [6, 6.07) is 5.61. The summed E-state index contributed by atoms with van der Waals surface area (Å²) in [6.07, 6.45) is 1.89. The first kappa shape index (κ1) is 16.4. The van der Waals surface area contributed by atoms with Gasteiger partial charge in [-0.15, -0.1) is 0 Å². The van der Waals surface area contributed by atoms with Crippen molar-refractivity contribution >= 4 is 17.7 Å². The molecule has 0 saturated heterocycles. The van der Waals surface area contributed by atoms with E-state index in [1.54, 1.807) is 38.1 Å². The molecule has 1 aromatic carbocycles. The van der Waals surface area contributed by atoms with Crippen LogP contribution in [0.3, 0.4) is 0 Å². The van der Waals surface area contributed by atoms with Crippen molar-refractivity contribution in [2.75, 3.05) is 13.1 Å². The number of hydrogen-bond donors (Lipinski definition) is 0. The van der Waals surface area contributed by atoms with Gasteiger partial charge in [-0.25, -0.2) is 4.39 Å². The number of carbonyl (C=O) groups is 3. The second kappa shape index (κ2) is 6.19. The van der Waals surface area contributed by atoms with Gasteiger partial charge in [-0.2, -0.15) is 0 Å². The largest absolute Gasteiger partial charge is 0.334 e. The van der Waals surface area contributed by atoms with E-state index in [2.05, 4.69) is 0 Å². The predicted octanol–water partition coefficient (Wildman–Crippen LogP) is 2.39. The Morgan fingerprint density at radius 1 is 1.12 bits per heavy atom. The highest BCUT2D eigenvalue weighted by Crippen LogP contribution is 2.28. The third kappa shape index (κ3) is 2.62. The summed E-state index contributed by atoms with van der Waals surface area (Å²) in [4.78, 5) is 40.6. The zero-order chi connectivity index (χ0) is 17.4. The molecular weight excluding hydrogens is 311 g/mol. The topological polar surface area (TPSA) is 57.7 Å². The summed E-state index contributed by atoms with van der Waals surface area (Å²) >= 11 is 0. The minimum absolute atomic E-state index is 0.106. The highest BCUT2D eigenvalue weighted by molar-refractivity contribution is 6.22. The van der Waals surface area contributed by atoms with Crippen LogP contribution in [0.25, 0.3) is 0 Å². The second-order valence-corrected chi connectivity index (χ2v) is 6.41. The van der Waals surface area contributed by atoms with Gasteiger partial charge in [0.05, 0.1) is 17.7 Å². The molecule has 0 saturated carbocycles. The Morgan fingerprint density at radius 2 is 1.71 bits per heavy atom. The van der Waals surface area contributed by atoms with Crippen molar-refractivity contribution in [3.63, 3.8) is 0 Å². The molecular formula is C18H19FN2O3.